The predicted molar refractivity (Wildman–Crippen MR) is 142 cm³/mol. The summed E-state index contributed by atoms with van der Waals surface area (Å²) in [6, 6.07) is 12.3. The van der Waals surface area contributed by atoms with Gasteiger partial charge in [-0.15, -0.1) is 0 Å². The number of amides is 1. The number of ether oxygens (including phenoxy) is 1. The molecule has 1 amide bonds. The molecule has 2 N–H and O–H groups in total. The second-order valence-corrected chi connectivity index (χ2v) is 9.95. The number of hydrogen-bond donors (Lipinski definition) is 2. The highest BCUT2D eigenvalue weighted by Crippen LogP contribution is 2.24. The normalized spacial score (nSPS) is 14.9. The Morgan fingerprint density at radius 3 is 2.72 bits per heavy atom. The Bertz CT molecular complexity index is 1270. The second kappa shape index (κ2) is 11.9. The molecular weight excluding hydrogens is 480 g/mol. The fourth-order valence-corrected chi connectivity index (χ4v) is 4.61. The Kier molecular flexibility index (Phi) is 8.61. The van der Waals surface area contributed by atoms with Crippen molar-refractivity contribution in [1.82, 2.24) is 19.8 Å². The zero-order valence-electron chi connectivity index (χ0n) is 20.7. The lowest BCUT2D eigenvalue weighted by molar-refractivity contribution is -0.122. The van der Waals surface area contributed by atoms with Crippen LogP contribution in [-0.2, 0) is 11.3 Å². The molecule has 2 aromatic carbocycles. The van der Waals surface area contributed by atoms with Gasteiger partial charge in [0.25, 0.3) is 5.56 Å². The molecular formula is C27H33ClN4O4. The SMILES string of the molecule is CC(C)NC(=O)Cn1c(-c2cccc(Cl)c2)nc2ccc(OCCCN3CCC(O)CC3)cc2c1=O. The number of hydrogen-bond acceptors (Lipinski definition) is 6. The van der Waals surface area contributed by atoms with E-state index in [0.29, 0.717) is 39.7 Å². The molecule has 2 heterocycles. The molecule has 1 saturated heterocycles. The maximum Gasteiger partial charge on any atom is 0.262 e. The van der Waals surface area contributed by atoms with Gasteiger partial charge in [-0.05, 0) is 63.4 Å². The van der Waals surface area contributed by atoms with Gasteiger partial charge < -0.3 is 20.1 Å². The minimum absolute atomic E-state index is 0.0498. The molecule has 1 aliphatic heterocycles. The van der Waals surface area contributed by atoms with E-state index in [1.807, 2.05) is 26.0 Å². The number of nitrogens with one attached hydrogen (secondary N) is 1. The molecule has 0 aliphatic carbocycles. The molecule has 0 saturated carbocycles. The third-order valence-corrected chi connectivity index (χ3v) is 6.44. The number of rotatable bonds is 9. The number of carbonyl (C=O) groups is 1. The van der Waals surface area contributed by atoms with Gasteiger partial charge in [0.15, 0.2) is 0 Å². The van der Waals surface area contributed by atoms with Gasteiger partial charge in [0, 0.05) is 36.3 Å². The van der Waals surface area contributed by atoms with Crippen LogP contribution in [0.3, 0.4) is 0 Å². The summed E-state index contributed by atoms with van der Waals surface area (Å²) in [5.41, 5.74) is 0.866. The van der Waals surface area contributed by atoms with E-state index in [1.165, 1.54) is 4.57 Å². The Hall–Kier alpha value is -2.94. The first kappa shape index (κ1) is 26.1. The zero-order chi connectivity index (χ0) is 25.7. The van der Waals surface area contributed by atoms with Crippen LogP contribution in [0.2, 0.25) is 5.02 Å². The van der Waals surface area contributed by atoms with E-state index in [2.05, 4.69) is 10.2 Å². The monoisotopic (exact) mass is 512 g/mol. The summed E-state index contributed by atoms with van der Waals surface area (Å²) in [7, 11) is 0. The first-order chi connectivity index (χ1) is 17.3. The highest BCUT2D eigenvalue weighted by Gasteiger charge is 2.18. The van der Waals surface area contributed by atoms with E-state index in [0.717, 1.165) is 38.9 Å². The van der Waals surface area contributed by atoms with E-state index < -0.39 is 0 Å². The molecule has 0 radical (unpaired) electrons. The number of aliphatic hydroxyl groups is 1. The van der Waals surface area contributed by atoms with Crippen molar-refractivity contribution in [3.63, 3.8) is 0 Å². The van der Waals surface area contributed by atoms with Crippen LogP contribution in [0.25, 0.3) is 22.3 Å². The number of piperidine rings is 1. The maximum absolute atomic E-state index is 13.6. The summed E-state index contributed by atoms with van der Waals surface area (Å²) in [6.07, 6.45) is 2.30. The van der Waals surface area contributed by atoms with Crippen LogP contribution in [-0.4, -0.2) is 63.9 Å². The lowest BCUT2D eigenvalue weighted by Crippen LogP contribution is -2.37. The smallest absolute Gasteiger partial charge is 0.262 e. The highest BCUT2D eigenvalue weighted by molar-refractivity contribution is 6.30. The van der Waals surface area contributed by atoms with Gasteiger partial charge in [0.2, 0.25) is 5.91 Å². The third kappa shape index (κ3) is 6.63. The molecule has 4 rings (SSSR count). The molecule has 1 fully saturated rings. The molecule has 3 aromatic rings. The van der Waals surface area contributed by atoms with Crippen molar-refractivity contribution in [1.29, 1.82) is 0 Å². The first-order valence-electron chi connectivity index (χ1n) is 12.4. The number of nitrogens with zero attached hydrogens (tertiary/aromatic N) is 3. The topological polar surface area (TPSA) is 96.7 Å². The van der Waals surface area contributed by atoms with Crippen molar-refractivity contribution in [2.45, 2.75) is 51.8 Å². The highest BCUT2D eigenvalue weighted by atomic mass is 35.5. The van der Waals surface area contributed by atoms with Crippen LogP contribution in [0, 0.1) is 0 Å². The Morgan fingerprint density at radius 1 is 1.22 bits per heavy atom. The van der Waals surface area contributed by atoms with Gasteiger partial charge in [-0.1, -0.05) is 23.7 Å². The number of benzene rings is 2. The lowest BCUT2D eigenvalue weighted by Gasteiger charge is -2.29. The fourth-order valence-electron chi connectivity index (χ4n) is 4.42. The quantitative estimate of drug-likeness (QED) is 0.426. The minimum Gasteiger partial charge on any atom is -0.494 e. The molecule has 9 heteroatoms. The molecule has 192 valence electrons. The Labute approximate surface area is 215 Å². The molecule has 0 spiro atoms. The van der Waals surface area contributed by atoms with Crippen molar-refractivity contribution in [2.75, 3.05) is 26.2 Å². The molecule has 0 unspecified atom stereocenters. The van der Waals surface area contributed by atoms with Crippen molar-refractivity contribution in [2.24, 2.45) is 0 Å². The number of halogens is 1. The van der Waals surface area contributed by atoms with Crippen molar-refractivity contribution in [3.8, 4) is 17.1 Å². The molecule has 0 bridgehead atoms. The number of aliphatic hydroxyl groups excluding tert-OH is 1. The van der Waals surface area contributed by atoms with Crippen molar-refractivity contribution < 1.29 is 14.6 Å². The van der Waals surface area contributed by atoms with E-state index >= 15 is 0 Å². The number of carbonyl (C=O) groups excluding carboxylic acids is 1. The molecule has 0 atom stereocenters. The van der Waals surface area contributed by atoms with Gasteiger partial charge in [-0.25, -0.2) is 4.98 Å². The molecule has 1 aliphatic rings. The van der Waals surface area contributed by atoms with E-state index in [1.54, 1.807) is 30.3 Å². The predicted octanol–water partition coefficient (Wildman–Crippen LogP) is 3.47. The summed E-state index contributed by atoms with van der Waals surface area (Å²) in [4.78, 5) is 33.2. The average Bonchev–Trinajstić information content (AvgIpc) is 2.84. The van der Waals surface area contributed by atoms with Crippen LogP contribution >= 0.6 is 11.6 Å². The maximum atomic E-state index is 13.6. The zero-order valence-corrected chi connectivity index (χ0v) is 21.5. The van der Waals surface area contributed by atoms with Crippen LogP contribution < -0.4 is 15.6 Å². The van der Waals surface area contributed by atoms with Gasteiger partial charge in [0.1, 0.15) is 18.1 Å². The van der Waals surface area contributed by atoms with Gasteiger partial charge >= 0.3 is 0 Å². The average molecular weight is 513 g/mol. The molecule has 1 aromatic heterocycles. The number of aromatic nitrogens is 2. The lowest BCUT2D eigenvalue weighted by atomic mass is 10.1. The van der Waals surface area contributed by atoms with E-state index in [-0.39, 0.29) is 30.2 Å². The number of likely N-dealkylation sites (tertiary alicyclic amines) is 1. The summed E-state index contributed by atoms with van der Waals surface area (Å²) < 4.78 is 7.33. The summed E-state index contributed by atoms with van der Waals surface area (Å²) in [5.74, 6) is 0.701. The summed E-state index contributed by atoms with van der Waals surface area (Å²) >= 11 is 6.19. The van der Waals surface area contributed by atoms with E-state index in [9.17, 15) is 14.7 Å². The van der Waals surface area contributed by atoms with Crippen LogP contribution in [0.5, 0.6) is 5.75 Å². The van der Waals surface area contributed by atoms with Gasteiger partial charge in [-0.2, -0.15) is 0 Å². The second-order valence-electron chi connectivity index (χ2n) is 9.51. The summed E-state index contributed by atoms with van der Waals surface area (Å²) in [5, 5.41) is 13.4. The Balaban J connectivity index is 1.56. The van der Waals surface area contributed by atoms with Crippen molar-refractivity contribution in [3.05, 3.63) is 57.8 Å². The largest absolute Gasteiger partial charge is 0.494 e. The van der Waals surface area contributed by atoms with E-state index in [4.69, 9.17) is 21.3 Å². The molecule has 36 heavy (non-hydrogen) atoms. The third-order valence-electron chi connectivity index (χ3n) is 6.20. The van der Waals surface area contributed by atoms with Gasteiger partial charge in [0.05, 0.1) is 23.6 Å². The minimum atomic E-state index is -0.314. The summed E-state index contributed by atoms with van der Waals surface area (Å²) in [6.45, 7) is 6.82. The van der Waals surface area contributed by atoms with Crippen LogP contribution in [0.1, 0.15) is 33.1 Å². The van der Waals surface area contributed by atoms with Crippen molar-refractivity contribution >= 4 is 28.4 Å². The Morgan fingerprint density at radius 2 is 2.00 bits per heavy atom. The van der Waals surface area contributed by atoms with Crippen LogP contribution in [0.15, 0.2) is 47.3 Å². The fraction of sp³-hybridized carbons (Fsp3) is 0.444. The van der Waals surface area contributed by atoms with Crippen LogP contribution in [0.4, 0.5) is 0 Å². The standard InChI is InChI=1S/C27H33ClN4O4/c1-18(2)29-25(34)17-32-26(19-5-3-6-20(28)15-19)30-24-8-7-22(16-23(24)27(32)35)36-14-4-11-31-12-9-21(33)10-13-31/h3,5-8,15-16,18,21,33H,4,9-14,17H2,1-2H3,(H,29,34). The number of fused-ring (bicyclic) bond motifs is 1. The van der Waals surface area contributed by atoms with Gasteiger partial charge in [-0.3, -0.25) is 14.2 Å². The first-order valence-corrected chi connectivity index (χ1v) is 12.8. The molecule has 8 nitrogen and oxygen atoms in total.